The van der Waals surface area contributed by atoms with Gasteiger partial charge in [-0.3, -0.25) is 4.90 Å². The average Bonchev–Trinajstić information content (AvgIpc) is 3.14. The average molecular weight is 325 g/mol. The van der Waals surface area contributed by atoms with Crippen molar-refractivity contribution in [3.8, 4) is 0 Å². The monoisotopic (exact) mass is 325 g/mol. The Kier molecular flexibility index (Phi) is 4.82. The Morgan fingerprint density at radius 2 is 2.41 bits per heavy atom. The Morgan fingerprint density at radius 1 is 1.55 bits per heavy atom. The Bertz CT molecular complexity index is 506. The highest BCUT2D eigenvalue weighted by atomic mass is 32.1. The number of rotatable bonds is 6. The van der Waals surface area contributed by atoms with Crippen molar-refractivity contribution in [2.75, 3.05) is 20.3 Å². The van der Waals surface area contributed by atoms with Gasteiger partial charge in [0.05, 0.1) is 11.7 Å². The number of carboxylic acid groups (broad SMARTS) is 1. The Morgan fingerprint density at radius 3 is 3.09 bits per heavy atom. The first-order chi connectivity index (χ1) is 10.6. The normalized spacial score (nSPS) is 32.0. The smallest absolute Gasteiger partial charge is 0.329 e. The molecule has 6 heteroatoms. The van der Waals surface area contributed by atoms with E-state index in [9.17, 15) is 4.79 Å². The fourth-order valence-electron chi connectivity index (χ4n) is 3.89. The lowest BCUT2D eigenvalue weighted by atomic mass is 9.79. The van der Waals surface area contributed by atoms with Gasteiger partial charge in [0.15, 0.2) is 0 Å². The summed E-state index contributed by atoms with van der Waals surface area (Å²) in [5.41, 5.74) is -0.0830. The zero-order valence-electron chi connectivity index (χ0n) is 12.9. The molecule has 122 valence electrons. The van der Waals surface area contributed by atoms with Gasteiger partial charge in [-0.15, -0.1) is 11.3 Å². The topological polar surface area (TPSA) is 59.0 Å². The minimum atomic E-state index is -0.898. The van der Waals surface area contributed by atoms with Crippen LogP contribution in [-0.4, -0.2) is 54.0 Å². The van der Waals surface area contributed by atoms with Crippen LogP contribution in [0.15, 0.2) is 17.5 Å². The molecular formula is C16H23NO4S. The molecule has 0 bridgehead atoms. The van der Waals surface area contributed by atoms with Crippen molar-refractivity contribution in [1.82, 2.24) is 4.90 Å². The van der Waals surface area contributed by atoms with Gasteiger partial charge < -0.3 is 14.6 Å². The molecule has 0 aromatic carbocycles. The van der Waals surface area contributed by atoms with Gasteiger partial charge in [0, 0.05) is 31.1 Å². The maximum absolute atomic E-state index is 10.7. The summed E-state index contributed by atoms with van der Waals surface area (Å²) in [4.78, 5) is 14.5. The van der Waals surface area contributed by atoms with E-state index in [4.69, 9.17) is 14.6 Å². The lowest BCUT2D eigenvalue weighted by Crippen LogP contribution is -2.51. The molecule has 0 radical (unpaired) electrons. The largest absolute Gasteiger partial charge is 0.480 e. The first-order valence-corrected chi connectivity index (χ1v) is 8.66. The van der Waals surface area contributed by atoms with Crippen LogP contribution >= 0.6 is 11.3 Å². The highest BCUT2D eigenvalue weighted by Gasteiger charge is 2.51. The molecular weight excluding hydrogens is 302 g/mol. The van der Waals surface area contributed by atoms with Crippen molar-refractivity contribution < 1.29 is 19.4 Å². The molecule has 1 saturated carbocycles. The predicted molar refractivity (Wildman–Crippen MR) is 84.1 cm³/mol. The van der Waals surface area contributed by atoms with Crippen LogP contribution in [0.25, 0.3) is 0 Å². The molecule has 1 saturated heterocycles. The van der Waals surface area contributed by atoms with Crippen molar-refractivity contribution in [3.63, 3.8) is 0 Å². The Hall–Kier alpha value is -0.950. The number of fused-ring (bicyclic) bond motifs is 1. The van der Waals surface area contributed by atoms with E-state index >= 15 is 0 Å². The lowest BCUT2D eigenvalue weighted by Gasteiger charge is -2.43. The summed E-state index contributed by atoms with van der Waals surface area (Å²) in [6.45, 7) is 1.77. The van der Waals surface area contributed by atoms with E-state index in [1.54, 1.807) is 18.4 Å². The molecule has 1 aromatic heterocycles. The molecule has 5 nitrogen and oxygen atoms in total. The van der Waals surface area contributed by atoms with Gasteiger partial charge in [-0.05, 0) is 37.1 Å². The zero-order valence-corrected chi connectivity index (χ0v) is 13.7. The van der Waals surface area contributed by atoms with Crippen molar-refractivity contribution in [2.45, 2.75) is 50.0 Å². The summed E-state index contributed by atoms with van der Waals surface area (Å²) in [5.74, 6) is -0.898. The summed E-state index contributed by atoms with van der Waals surface area (Å²) >= 11 is 1.78. The first-order valence-electron chi connectivity index (χ1n) is 7.78. The SMILES string of the molecule is CO[C@@]12CC[C@@H](OCC(=O)O)C[C@@H]1N(Cc1cccs1)CC2. The van der Waals surface area contributed by atoms with Gasteiger partial charge in [-0.25, -0.2) is 4.79 Å². The summed E-state index contributed by atoms with van der Waals surface area (Å²) in [6.07, 6.45) is 3.75. The molecule has 0 spiro atoms. The second kappa shape index (κ2) is 6.66. The lowest BCUT2D eigenvalue weighted by molar-refractivity contribution is -0.148. The van der Waals surface area contributed by atoms with E-state index in [0.717, 1.165) is 38.8 Å². The van der Waals surface area contributed by atoms with Crippen LogP contribution in [0.1, 0.15) is 30.6 Å². The second-order valence-electron chi connectivity index (χ2n) is 6.19. The molecule has 1 aliphatic heterocycles. The number of carbonyl (C=O) groups is 1. The van der Waals surface area contributed by atoms with Gasteiger partial charge in [0.1, 0.15) is 6.61 Å². The van der Waals surface area contributed by atoms with Crippen LogP contribution < -0.4 is 0 Å². The zero-order chi connectivity index (χ0) is 15.6. The second-order valence-corrected chi connectivity index (χ2v) is 7.22. The number of ether oxygens (including phenoxy) is 2. The summed E-state index contributed by atoms with van der Waals surface area (Å²) in [7, 11) is 1.81. The van der Waals surface area contributed by atoms with Crippen molar-refractivity contribution in [3.05, 3.63) is 22.4 Å². The standard InChI is InChI=1S/C16H23NO4S/c1-20-16-5-4-12(21-11-15(18)19)9-14(16)17(7-6-16)10-13-3-2-8-22-13/h2-3,8,12,14H,4-7,9-11H2,1H3,(H,18,19)/t12-,14+,16-/m1/s1. The molecule has 2 heterocycles. The number of thiophene rings is 1. The Balaban J connectivity index is 1.68. The minimum Gasteiger partial charge on any atom is -0.480 e. The van der Waals surface area contributed by atoms with Gasteiger partial charge >= 0.3 is 5.97 Å². The van der Waals surface area contributed by atoms with Crippen LogP contribution in [0.5, 0.6) is 0 Å². The summed E-state index contributed by atoms with van der Waals surface area (Å²) in [5, 5.41) is 10.9. The number of carboxylic acids is 1. The first kappa shape index (κ1) is 15.9. The van der Waals surface area contributed by atoms with Crippen molar-refractivity contribution in [1.29, 1.82) is 0 Å². The Labute approximate surface area is 134 Å². The third kappa shape index (κ3) is 3.20. The maximum atomic E-state index is 10.7. The van der Waals surface area contributed by atoms with E-state index in [1.807, 2.05) is 0 Å². The highest BCUT2D eigenvalue weighted by molar-refractivity contribution is 7.09. The highest BCUT2D eigenvalue weighted by Crippen LogP contribution is 2.43. The molecule has 1 aliphatic carbocycles. The molecule has 2 fully saturated rings. The summed E-state index contributed by atoms with van der Waals surface area (Å²) in [6, 6.07) is 4.56. The van der Waals surface area contributed by atoms with Gasteiger partial charge in [-0.1, -0.05) is 6.07 Å². The van der Waals surface area contributed by atoms with Crippen LogP contribution in [0, 0.1) is 0 Å². The van der Waals surface area contributed by atoms with Crippen molar-refractivity contribution in [2.24, 2.45) is 0 Å². The van der Waals surface area contributed by atoms with Gasteiger partial charge in [0.25, 0.3) is 0 Å². The van der Waals surface area contributed by atoms with Crippen LogP contribution in [0.4, 0.5) is 0 Å². The van der Waals surface area contributed by atoms with Gasteiger partial charge in [0.2, 0.25) is 0 Å². The molecule has 3 rings (SSSR count). The van der Waals surface area contributed by atoms with Crippen LogP contribution in [0.2, 0.25) is 0 Å². The molecule has 1 N–H and O–H groups in total. The van der Waals surface area contributed by atoms with E-state index in [1.165, 1.54) is 4.88 Å². The molecule has 0 amide bonds. The van der Waals surface area contributed by atoms with Crippen LogP contribution in [0.3, 0.4) is 0 Å². The van der Waals surface area contributed by atoms with E-state index in [2.05, 4.69) is 22.4 Å². The quantitative estimate of drug-likeness (QED) is 0.870. The number of nitrogens with zero attached hydrogens (tertiary/aromatic N) is 1. The number of likely N-dealkylation sites (tertiary alicyclic amines) is 1. The molecule has 1 aromatic rings. The fourth-order valence-corrected chi connectivity index (χ4v) is 4.62. The third-order valence-corrected chi connectivity index (χ3v) is 5.90. The fraction of sp³-hybridized carbons (Fsp3) is 0.688. The number of methoxy groups -OCH3 is 1. The molecule has 0 unspecified atom stereocenters. The van der Waals surface area contributed by atoms with E-state index in [0.29, 0.717) is 6.04 Å². The molecule has 3 atom stereocenters. The maximum Gasteiger partial charge on any atom is 0.329 e. The van der Waals surface area contributed by atoms with E-state index < -0.39 is 5.97 Å². The number of hydrogen-bond donors (Lipinski definition) is 1. The van der Waals surface area contributed by atoms with Crippen molar-refractivity contribution >= 4 is 17.3 Å². The third-order valence-electron chi connectivity index (χ3n) is 5.03. The predicted octanol–water partition coefficient (Wildman–Crippen LogP) is 2.36. The summed E-state index contributed by atoms with van der Waals surface area (Å²) < 4.78 is 11.5. The molecule has 22 heavy (non-hydrogen) atoms. The molecule has 2 aliphatic rings. The number of aliphatic carboxylic acids is 1. The minimum absolute atomic E-state index is 0.0216. The number of hydrogen-bond acceptors (Lipinski definition) is 5. The van der Waals surface area contributed by atoms with E-state index in [-0.39, 0.29) is 18.3 Å². The van der Waals surface area contributed by atoms with Gasteiger partial charge in [-0.2, -0.15) is 0 Å². The van der Waals surface area contributed by atoms with Crippen LogP contribution in [-0.2, 0) is 20.8 Å².